The lowest BCUT2D eigenvalue weighted by atomic mass is 9.79. The molecule has 0 heterocycles. The van der Waals surface area contributed by atoms with Gasteiger partial charge in [-0.1, -0.05) is 55.3 Å². The summed E-state index contributed by atoms with van der Waals surface area (Å²) in [5, 5.41) is 6.96. The smallest absolute Gasteiger partial charge is 0.253 e. The molecule has 1 aliphatic rings. The van der Waals surface area contributed by atoms with Crippen LogP contribution in [-0.2, 0) is 12.0 Å². The second-order valence-corrected chi connectivity index (χ2v) is 8.30. The van der Waals surface area contributed by atoms with Gasteiger partial charge in [-0.15, -0.1) is 0 Å². The largest absolute Gasteiger partial charge is 0.357 e. The molecule has 0 unspecified atom stereocenters. The topological polar surface area (TPSA) is 56.7 Å². The second kappa shape index (κ2) is 10.3. The maximum atomic E-state index is 12.0. The van der Waals surface area contributed by atoms with E-state index in [1.165, 1.54) is 31.2 Å². The Morgan fingerprint density at radius 1 is 1.00 bits per heavy atom. The molecule has 1 aliphatic carbocycles. The number of carbonyl (C=O) groups excluding carboxylic acids is 1. The average Bonchev–Trinajstić information content (AvgIpc) is 3.26. The summed E-state index contributed by atoms with van der Waals surface area (Å²) in [7, 11) is 3.53. The molecule has 0 spiro atoms. The number of rotatable bonds is 7. The van der Waals surface area contributed by atoms with E-state index in [4.69, 9.17) is 4.99 Å². The fraction of sp³-hybridized carbons (Fsp3) is 0.440. The van der Waals surface area contributed by atoms with Gasteiger partial charge in [-0.25, -0.2) is 4.99 Å². The van der Waals surface area contributed by atoms with Crippen molar-refractivity contribution in [3.05, 3.63) is 71.3 Å². The molecule has 2 aromatic rings. The van der Waals surface area contributed by atoms with Gasteiger partial charge in [0.2, 0.25) is 0 Å². The van der Waals surface area contributed by atoms with Gasteiger partial charge < -0.3 is 15.5 Å². The Labute approximate surface area is 180 Å². The van der Waals surface area contributed by atoms with E-state index in [1.54, 1.807) is 19.0 Å². The first-order valence-electron chi connectivity index (χ1n) is 10.9. The Bertz CT molecular complexity index is 837. The molecular weight excluding hydrogens is 372 g/mol. The summed E-state index contributed by atoms with van der Waals surface area (Å²) < 4.78 is 0. The molecule has 0 aromatic heterocycles. The van der Waals surface area contributed by atoms with Gasteiger partial charge in [0.25, 0.3) is 5.91 Å². The first kappa shape index (κ1) is 21.9. The summed E-state index contributed by atoms with van der Waals surface area (Å²) in [6, 6.07) is 18.6. The Hall–Kier alpha value is -2.82. The van der Waals surface area contributed by atoms with E-state index in [1.807, 2.05) is 24.3 Å². The highest BCUT2D eigenvalue weighted by Gasteiger charge is 2.35. The van der Waals surface area contributed by atoms with Crippen LogP contribution in [0.2, 0.25) is 0 Å². The highest BCUT2D eigenvalue weighted by atomic mass is 16.2. The van der Waals surface area contributed by atoms with Crippen molar-refractivity contribution in [1.29, 1.82) is 0 Å². The number of hydrogen-bond donors (Lipinski definition) is 2. The first-order chi connectivity index (χ1) is 14.5. The molecule has 2 N–H and O–H groups in total. The standard InChI is InChI=1S/C25H34N4O/c1-4-26-24(27-18-20-12-14-21(15-13-20)23(30)29(2)3)28-19-25(16-8-9-17-25)22-10-6-5-7-11-22/h5-7,10-15H,4,8-9,16-19H2,1-3H3,(H2,26,27,28). The Kier molecular flexibility index (Phi) is 7.50. The zero-order valence-corrected chi connectivity index (χ0v) is 18.4. The number of carbonyl (C=O) groups is 1. The van der Waals surface area contributed by atoms with Gasteiger partial charge >= 0.3 is 0 Å². The monoisotopic (exact) mass is 406 g/mol. The molecule has 1 fully saturated rings. The number of nitrogens with one attached hydrogen (secondary N) is 2. The molecule has 2 aromatic carbocycles. The van der Waals surface area contributed by atoms with Crippen LogP contribution in [-0.4, -0.2) is 44.0 Å². The molecule has 3 rings (SSSR count). The highest BCUT2D eigenvalue weighted by molar-refractivity contribution is 5.93. The van der Waals surface area contributed by atoms with Gasteiger partial charge in [0, 0.05) is 38.2 Å². The van der Waals surface area contributed by atoms with Crippen LogP contribution in [0.3, 0.4) is 0 Å². The molecule has 30 heavy (non-hydrogen) atoms. The van der Waals surface area contributed by atoms with Crippen LogP contribution in [0.15, 0.2) is 59.6 Å². The Morgan fingerprint density at radius 2 is 1.67 bits per heavy atom. The zero-order valence-electron chi connectivity index (χ0n) is 18.4. The summed E-state index contributed by atoms with van der Waals surface area (Å²) in [6.07, 6.45) is 4.99. The third-order valence-electron chi connectivity index (χ3n) is 5.91. The Balaban J connectivity index is 1.66. The van der Waals surface area contributed by atoms with Crippen molar-refractivity contribution >= 4 is 11.9 Å². The van der Waals surface area contributed by atoms with E-state index < -0.39 is 0 Å². The summed E-state index contributed by atoms with van der Waals surface area (Å²) in [4.78, 5) is 18.4. The number of amides is 1. The molecule has 0 atom stereocenters. The Morgan fingerprint density at radius 3 is 2.27 bits per heavy atom. The maximum Gasteiger partial charge on any atom is 0.253 e. The van der Waals surface area contributed by atoms with Crippen molar-refractivity contribution in [2.75, 3.05) is 27.2 Å². The van der Waals surface area contributed by atoms with Crippen LogP contribution in [0.25, 0.3) is 0 Å². The SMILES string of the molecule is CCNC(=NCc1ccc(C(=O)N(C)C)cc1)NCC1(c2ccccc2)CCCC1. The molecule has 160 valence electrons. The molecule has 5 nitrogen and oxygen atoms in total. The summed E-state index contributed by atoms with van der Waals surface area (Å²) >= 11 is 0. The maximum absolute atomic E-state index is 12.0. The summed E-state index contributed by atoms with van der Waals surface area (Å²) in [5.74, 6) is 0.857. The zero-order chi connectivity index (χ0) is 21.4. The molecule has 1 saturated carbocycles. The number of benzene rings is 2. The summed E-state index contributed by atoms with van der Waals surface area (Å²) in [6.45, 7) is 4.37. The molecule has 0 saturated heterocycles. The van der Waals surface area contributed by atoms with Crippen LogP contribution in [0, 0.1) is 0 Å². The van der Waals surface area contributed by atoms with Gasteiger partial charge in [-0.3, -0.25) is 4.79 Å². The lowest BCUT2D eigenvalue weighted by Crippen LogP contribution is -2.44. The molecule has 0 aliphatic heterocycles. The van der Waals surface area contributed by atoms with E-state index in [-0.39, 0.29) is 11.3 Å². The number of hydrogen-bond acceptors (Lipinski definition) is 2. The van der Waals surface area contributed by atoms with Crippen LogP contribution < -0.4 is 10.6 Å². The van der Waals surface area contributed by atoms with Crippen molar-refractivity contribution in [3.63, 3.8) is 0 Å². The van der Waals surface area contributed by atoms with Crippen LogP contribution in [0.1, 0.15) is 54.1 Å². The first-order valence-corrected chi connectivity index (χ1v) is 10.9. The minimum atomic E-state index is 0.0165. The van der Waals surface area contributed by atoms with Crippen LogP contribution >= 0.6 is 0 Å². The molecule has 5 heteroatoms. The third-order valence-corrected chi connectivity index (χ3v) is 5.91. The van der Waals surface area contributed by atoms with Crippen molar-refractivity contribution < 1.29 is 4.79 Å². The van der Waals surface area contributed by atoms with Gasteiger partial charge in [0.1, 0.15) is 0 Å². The molecule has 0 bridgehead atoms. The molecule has 1 amide bonds. The van der Waals surface area contributed by atoms with Crippen molar-refractivity contribution in [3.8, 4) is 0 Å². The number of aliphatic imine (C=N–C) groups is 1. The van der Waals surface area contributed by atoms with Crippen molar-refractivity contribution in [2.45, 2.75) is 44.6 Å². The summed E-state index contributed by atoms with van der Waals surface area (Å²) in [5.41, 5.74) is 3.39. The quantitative estimate of drug-likeness (QED) is 0.541. The predicted octanol–water partition coefficient (Wildman–Crippen LogP) is 3.96. The van der Waals surface area contributed by atoms with Crippen LogP contribution in [0.4, 0.5) is 0 Å². The van der Waals surface area contributed by atoms with Crippen LogP contribution in [0.5, 0.6) is 0 Å². The van der Waals surface area contributed by atoms with E-state index in [9.17, 15) is 4.79 Å². The number of nitrogens with zero attached hydrogens (tertiary/aromatic N) is 2. The van der Waals surface area contributed by atoms with Gasteiger partial charge in [-0.05, 0) is 43.0 Å². The third kappa shape index (κ3) is 5.41. The average molecular weight is 407 g/mol. The fourth-order valence-corrected chi connectivity index (χ4v) is 4.19. The molecular formula is C25H34N4O. The minimum absolute atomic E-state index is 0.0165. The van der Waals surface area contributed by atoms with Gasteiger partial charge in [0.15, 0.2) is 5.96 Å². The molecule has 0 radical (unpaired) electrons. The lowest BCUT2D eigenvalue weighted by molar-refractivity contribution is 0.0827. The highest BCUT2D eigenvalue weighted by Crippen LogP contribution is 2.40. The lowest BCUT2D eigenvalue weighted by Gasteiger charge is -2.30. The van der Waals surface area contributed by atoms with E-state index in [0.29, 0.717) is 12.1 Å². The second-order valence-electron chi connectivity index (χ2n) is 8.30. The van der Waals surface area contributed by atoms with E-state index >= 15 is 0 Å². The van der Waals surface area contributed by atoms with Gasteiger partial charge in [0.05, 0.1) is 6.54 Å². The normalized spacial score (nSPS) is 15.6. The fourth-order valence-electron chi connectivity index (χ4n) is 4.19. The van der Waals surface area contributed by atoms with Gasteiger partial charge in [-0.2, -0.15) is 0 Å². The predicted molar refractivity (Wildman–Crippen MR) is 124 cm³/mol. The van der Waals surface area contributed by atoms with Crippen molar-refractivity contribution in [2.24, 2.45) is 4.99 Å². The minimum Gasteiger partial charge on any atom is -0.357 e. The van der Waals surface area contributed by atoms with Crippen molar-refractivity contribution in [1.82, 2.24) is 15.5 Å². The van der Waals surface area contributed by atoms with E-state index in [0.717, 1.165) is 24.6 Å². The number of guanidine groups is 1. The van der Waals surface area contributed by atoms with E-state index in [2.05, 4.69) is 47.9 Å².